The fraction of sp³-hybridized carbons (Fsp3) is 0.400. The molecule has 2 rings (SSSR count). The van der Waals surface area contributed by atoms with E-state index in [-0.39, 0.29) is 5.91 Å². The van der Waals surface area contributed by atoms with Crippen molar-refractivity contribution in [3.05, 3.63) is 22.7 Å². The molecule has 0 radical (unpaired) electrons. The Hall–Kier alpha value is -1.96. The zero-order valence-electron chi connectivity index (χ0n) is 10.2. The van der Waals surface area contributed by atoms with Crippen LogP contribution < -0.4 is 11.1 Å². The van der Waals surface area contributed by atoms with Crippen LogP contribution in [0.4, 0.5) is 5.13 Å². The first kappa shape index (κ1) is 12.5. The van der Waals surface area contributed by atoms with Crippen molar-refractivity contribution < 1.29 is 4.79 Å². The number of nitrogen functional groups attached to an aromatic ring is 1. The minimum atomic E-state index is -0.188. The fourth-order valence-electron chi connectivity index (χ4n) is 1.55. The molecule has 0 aliphatic carbocycles. The average Bonchev–Trinajstić information content (AvgIpc) is 2.92. The van der Waals surface area contributed by atoms with Crippen molar-refractivity contribution >= 4 is 22.4 Å². The van der Waals surface area contributed by atoms with E-state index in [9.17, 15) is 4.79 Å². The topological polar surface area (TPSA) is 98.7 Å². The summed E-state index contributed by atoms with van der Waals surface area (Å²) in [6, 6.07) is 0. The normalized spacial score (nSPS) is 10.6. The van der Waals surface area contributed by atoms with E-state index in [1.807, 2.05) is 11.5 Å². The highest BCUT2D eigenvalue weighted by atomic mass is 32.1. The zero-order chi connectivity index (χ0) is 13.1. The van der Waals surface area contributed by atoms with Gasteiger partial charge in [-0.05, 0) is 13.8 Å². The summed E-state index contributed by atoms with van der Waals surface area (Å²) in [6.07, 6.45) is 1.64. The van der Waals surface area contributed by atoms with Crippen LogP contribution in [0, 0.1) is 6.92 Å². The molecule has 2 aromatic rings. The summed E-state index contributed by atoms with van der Waals surface area (Å²) < 4.78 is 1.87. The first-order chi connectivity index (χ1) is 8.61. The molecule has 0 aromatic carbocycles. The van der Waals surface area contributed by atoms with Gasteiger partial charge in [0.25, 0.3) is 5.91 Å². The minimum Gasteiger partial charge on any atom is -0.375 e. The van der Waals surface area contributed by atoms with Crippen LogP contribution >= 0.6 is 11.3 Å². The van der Waals surface area contributed by atoms with Gasteiger partial charge in [-0.25, -0.2) is 4.98 Å². The van der Waals surface area contributed by atoms with Gasteiger partial charge >= 0.3 is 0 Å². The summed E-state index contributed by atoms with van der Waals surface area (Å²) >= 11 is 1.18. The Bertz CT molecular complexity index is 560. The lowest BCUT2D eigenvalue weighted by Crippen LogP contribution is -2.24. The third-order valence-corrected chi connectivity index (χ3v) is 3.45. The smallest absolute Gasteiger partial charge is 0.263 e. The number of amides is 1. The monoisotopic (exact) mass is 266 g/mol. The maximum atomic E-state index is 11.9. The highest BCUT2D eigenvalue weighted by Crippen LogP contribution is 2.19. The van der Waals surface area contributed by atoms with E-state index >= 15 is 0 Å². The standard InChI is InChI=1S/C10H14N6OS/c1-3-16-5-13-15-7(16)4-12-9(17)8-6(2)14-10(11)18-8/h5H,3-4H2,1-2H3,(H2,11,14)(H,12,17). The van der Waals surface area contributed by atoms with Crippen molar-refractivity contribution in [3.63, 3.8) is 0 Å². The molecule has 0 atom stereocenters. The Labute approximate surface area is 108 Å². The van der Waals surface area contributed by atoms with Crippen LogP contribution in [0.2, 0.25) is 0 Å². The molecule has 1 amide bonds. The predicted molar refractivity (Wildman–Crippen MR) is 68.1 cm³/mol. The number of thiazole rings is 1. The van der Waals surface area contributed by atoms with Crippen LogP contribution in [0.5, 0.6) is 0 Å². The molecule has 2 aromatic heterocycles. The van der Waals surface area contributed by atoms with Gasteiger partial charge < -0.3 is 15.6 Å². The Balaban J connectivity index is 2.03. The lowest BCUT2D eigenvalue weighted by atomic mass is 10.3. The molecule has 3 N–H and O–H groups in total. The number of carbonyl (C=O) groups excluding carboxylic acids is 1. The molecule has 0 aliphatic heterocycles. The average molecular weight is 266 g/mol. The quantitative estimate of drug-likeness (QED) is 0.843. The van der Waals surface area contributed by atoms with Gasteiger partial charge in [0.05, 0.1) is 12.2 Å². The molecule has 0 aliphatic rings. The van der Waals surface area contributed by atoms with Gasteiger partial charge in [0.15, 0.2) is 11.0 Å². The van der Waals surface area contributed by atoms with Crippen LogP contribution in [-0.4, -0.2) is 25.7 Å². The number of carbonyl (C=O) groups is 1. The molecule has 0 bridgehead atoms. The van der Waals surface area contributed by atoms with Gasteiger partial charge in [0.1, 0.15) is 11.2 Å². The van der Waals surface area contributed by atoms with Crippen molar-refractivity contribution in [2.75, 3.05) is 5.73 Å². The number of nitrogens with one attached hydrogen (secondary N) is 1. The summed E-state index contributed by atoms with van der Waals surface area (Å²) in [5.74, 6) is 0.536. The molecule has 0 saturated carbocycles. The number of aryl methyl sites for hydroxylation is 2. The Morgan fingerprint density at radius 1 is 1.61 bits per heavy atom. The summed E-state index contributed by atoms with van der Waals surface area (Å²) in [5, 5.41) is 10.9. The maximum absolute atomic E-state index is 11.9. The molecule has 96 valence electrons. The van der Waals surface area contributed by atoms with Crippen molar-refractivity contribution in [3.8, 4) is 0 Å². The minimum absolute atomic E-state index is 0.188. The zero-order valence-corrected chi connectivity index (χ0v) is 11.0. The second-order valence-electron chi connectivity index (χ2n) is 3.68. The van der Waals surface area contributed by atoms with E-state index in [1.165, 1.54) is 11.3 Å². The molecule has 0 unspecified atom stereocenters. The molecule has 7 nitrogen and oxygen atoms in total. The predicted octanol–water partition coefficient (Wildman–Crippen LogP) is 0.575. The van der Waals surface area contributed by atoms with Crippen LogP contribution in [0.3, 0.4) is 0 Å². The number of anilines is 1. The van der Waals surface area contributed by atoms with Gasteiger partial charge in [0.2, 0.25) is 0 Å². The van der Waals surface area contributed by atoms with Gasteiger partial charge in [-0.2, -0.15) is 0 Å². The summed E-state index contributed by atoms with van der Waals surface area (Å²) in [6.45, 7) is 4.85. The van der Waals surface area contributed by atoms with E-state index in [1.54, 1.807) is 13.3 Å². The van der Waals surface area contributed by atoms with Gasteiger partial charge in [-0.1, -0.05) is 11.3 Å². The maximum Gasteiger partial charge on any atom is 0.263 e. The number of nitrogens with two attached hydrogens (primary N) is 1. The van der Waals surface area contributed by atoms with Gasteiger partial charge in [-0.15, -0.1) is 10.2 Å². The third-order valence-electron chi connectivity index (χ3n) is 2.46. The number of rotatable bonds is 4. The number of aromatic nitrogens is 4. The highest BCUT2D eigenvalue weighted by Gasteiger charge is 2.14. The van der Waals surface area contributed by atoms with E-state index in [0.29, 0.717) is 22.2 Å². The first-order valence-electron chi connectivity index (χ1n) is 5.49. The highest BCUT2D eigenvalue weighted by molar-refractivity contribution is 7.17. The third kappa shape index (κ3) is 2.48. The Morgan fingerprint density at radius 2 is 2.39 bits per heavy atom. The van der Waals surface area contributed by atoms with Crippen molar-refractivity contribution in [2.45, 2.75) is 26.9 Å². The number of hydrogen-bond donors (Lipinski definition) is 2. The Kier molecular flexibility index (Phi) is 3.56. The van der Waals surface area contributed by atoms with Crippen molar-refractivity contribution in [1.82, 2.24) is 25.1 Å². The molecule has 2 heterocycles. The summed E-state index contributed by atoms with van der Waals surface area (Å²) in [7, 11) is 0. The molecule has 0 saturated heterocycles. The SMILES string of the molecule is CCn1cnnc1CNC(=O)c1sc(N)nc1C. The molecule has 0 spiro atoms. The second kappa shape index (κ2) is 5.13. The molecule has 8 heteroatoms. The van der Waals surface area contributed by atoms with E-state index < -0.39 is 0 Å². The lowest BCUT2D eigenvalue weighted by Gasteiger charge is -2.04. The van der Waals surface area contributed by atoms with Crippen molar-refractivity contribution in [1.29, 1.82) is 0 Å². The molecule has 0 fully saturated rings. The number of hydrogen-bond acceptors (Lipinski definition) is 6. The number of nitrogens with zero attached hydrogens (tertiary/aromatic N) is 4. The lowest BCUT2D eigenvalue weighted by molar-refractivity contribution is 0.0952. The van der Waals surface area contributed by atoms with Crippen LogP contribution in [0.1, 0.15) is 28.1 Å². The largest absolute Gasteiger partial charge is 0.375 e. The van der Waals surface area contributed by atoms with Gasteiger partial charge in [-0.3, -0.25) is 4.79 Å². The van der Waals surface area contributed by atoms with Gasteiger partial charge in [0, 0.05) is 6.54 Å². The second-order valence-corrected chi connectivity index (χ2v) is 4.71. The van der Waals surface area contributed by atoms with Crippen LogP contribution in [0.25, 0.3) is 0 Å². The van der Waals surface area contributed by atoms with E-state index in [2.05, 4.69) is 20.5 Å². The van der Waals surface area contributed by atoms with Crippen molar-refractivity contribution in [2.24, 2.45) is 0 Å². The van der Waals surface area contributed by atoms with Crippen LogP contribution in [-0.2, 0) is 13.1 Å². The summed E-state index contributed by atoms with van der Waals surface area (Å²) in [5.41, 5.74) is 6.20. The fourth-order valence-corrected chi connectivity index (χ4v) is 2.30. The molecular formula is C10H14N6OS. The van der Waals surface area contributed by atoms with E-state index in [4.69, 9.17) is 5.73 Å². The van der Waals surface area contributed by atoms with Crippen LogP contribution in [0.15, 0.2) is 6.33 Å². The summed E-state index contributed by atoms with van der Waals surface area (Å²) in [4.78, 5) is 16.5. The molecule has 18 heavy (non-hydrogen) atoms. The van der Waals surface area contributed by atoms with E-state index in [0.717, 1.165) is 12.4 Å². The Morgan fingerprint density at radius 3 is 3.00 bits per heavy atom. The first-order valence-corrected chi connectivity index (χ1v) is 6.31. The molecular weight excluding hydrogens is 252 g/mol.